The van der Waals surface area contributed by atoms with Gasteiger partial charge in [0.1, 0.15) is 18.3 Å². The number of nitrogens with one attached hydrogen (secondary N) is 1. The number of anilines is 1. The highest BCUT2D eigenvalue weighted by Crippen LogP contribution is 2.32. The Morgan fingerprint density at radius 3 is 2.25 bits per heavy atom. The van der Waals surface area contributed by atoms with Crippen LogP contribution in [0.5, 0.6) is 5.75 Å². The topological polar surface area (TPSA) is 96.0 Å². The number of hydrogen-bond acceptors (Lipinski definition) is 5. The molecule has 0 spiro atoms. The van der Waals surface area contributed by atoms with E-state index in [-0.39, 0.29) is 28.1 Å². The van der Waals surface area contributed by atoms with Gasteiger partial charge < -0.3 is 15.0 Å². The molecule has 0 saturated heterocycles. The first-order chi connectivity index (χ1) is 19.0. The van der Waals surface area contributed by atoms with Gasteiger partial charge >= 0.3 is 0 Å². The van der Waals surface area contributed by atoms with Gasteiger partial charge in [-0.1, -0.05) is 66.0 Å². The Morgan fingerprint density at radius 1 is 0.975 bits per heavy atom. The van der Waals surface area contributed by atoms with E-state index in [2.05, 4.69) is 5.32 Å². The molecule has 0 aliphatic carbocycles. The lowest BCUT2D eigenvalue weighted by Crippen LogP contribution is -2.52. The highest BCUT2D eigenvalue weighted by molar-refractivity contribution is 7.92. The predicted molar refractivity (Wildman–Crippen MR) is 158 cm³/mol. The number of hydrogen-bond donors (Lipinski definition) is 1. The van der Waals surface area contributed by atoms with Crippen molar-refractivity contribution in [3.05, 3.63) is 88.4 Å². The third-order valence-electron chi connectivity index (χ3n) is 6.48. The fourth-order valence-corrected chi connectivity index (χ4v) is 6.05. The van der Waals surface area contributed by atoms with E-state index in [9.17, 15) is 18.0 Å². The van der Waals surface area contributed by atoms with Crippen LogP contribution in [0.4, 0.5) is 5.69 Å². The number of nitrogens with zero attached hydrogens (tertiary/aromatic N) is 2. The molecule has 1 N–H and O–H groups in total. The number of halogens is 1. The average Bonchev–Trinajstić information content (AvgIpc) is 2.91. The minimum absolute atomic E-state index is 0.0267. The Balaban J connectivity index is 2.10. The van der Waals surface area contributed by atoms with E-state index >= 15 is 0 Å². The van der Waals surface area contributed by atoms with Gasteiger partial charge in [-0.15, -0.1) is 0 Å². The first kappa shape index (κ1) is 31.0. The maximum Gasteiger partial charge on any atom is 0.264 e. The minimum Gasteiger partial charge on any atom is -0.495 e. The second kappa shape index (κ2) is 13.7. The summed E-state index contributed by atoms with van der Waals surface area (Å²) in [7, 11) is -2.73. The van der Waals surface area contributed by atoms with Crippen molar-refractivity contribution in [1.29, 1.82) is 0 Å². The number of ether oxygens (including phenoxy) is 1. The first-order valence-electron chi connectivity index (χ1n) is 13.1. The van der Waals surface area contributed by atoms with Gasteiger partial charge in [-0.25, -0.2) is 8.42 Å². The van der Waals surface area contributed by atoms with Crippen LogP contribution in [0.25, 0.3) is 0 Å². The lowest BCUT2D eigenvalue weighted by Gasteiger charge is -2.33. The van der Waals surface area contributed by atoms with Crippen LogP contribution in [0, 0.1) is 13.8 Å². The average molecular weight is 586 g/mol. The molecule has 1 atom stereocenters. The number of methoxy groups -OCH3 is 1. The molecule has 214 valence electrons. The van der Waals surface area contributed by atoms with Crippen molar-refractivity contribution in [2.45, 2.75) is 51.6 Å². The van der Waals surface area contributed by atoms with E-state index in [4.69, 9.17) is 16.3 Å². The maximum absolute atomic E-state index is 14.0. The third-order valence-corrected chi connectivity index (χ3v) is 8.57. The molecule has 0 heterocycles. The van der Waals surface area contributed by atoms with Gasteiger partial charge in [-0.2, -0.15) is 0 Å². The van der Waals surface area contributed by atoms with Crippen molar-refractivity contribution in [3.63, 3.8) is 0 Å². The van der Waals surface area contributed by atoms with Crippen molar-refractivity contribution >= 4 is 39.1 Å². The summed E-state index contributed by atoms with van der Waals surface area (Å²) in [6.45, 7) is 7.43. The van der Waals surface area contributed by atoms with Crippen LogP contribution in [0.1, 0.15) is 37.0 Å². The molecule has 3 aromatic rings. The van der Waals surface area contributed by atoms with Crippen LogP contribution in [0.3, 0.4) is 0 Å². The zero-order chi connectivity index (χ0) is 29.4. The van der Waals surface area contributed by atoms with Gasteiger partial charge in [0.05, 0.1) is 22.7 Å². The zero-order valence-electron chi connectivity index (χ0n) is 23.5. The van der Waals surface area contributed by atoms with E-state index < -0.39 is 28.5 Å². The van der Waals surface area contributed by atoms with E-state index in [0.717, 1.165) is 21.0 Å². The number of amides is 2. The third kappa shape index (κ3) is 7.34. The highest BCUT2D eigenvalue weighted by atomic mass is 35.5. The Labute approximate surface area is 241 Å². The van der Waals surface area contributed by atoms with Crippen LogP contribution in [0.15, 0.2) is 71.6 Å². The van der Waals surface area contributed by atoms with Crippen LogP contribution in [-0.4, -0.2) is 51.4 Å². The lowest BCUT2D eigenvalue weighted by atomic mass is 10.1. The molecule has 8 nitrogen and oxygen atoms in total. The van der Waals surface area contributed by atoms with Gasteiger partial charge in [0.25, 0.3) is 10.0 Å². The Hall–Kier alpha value is -3.56. The molecular formula is C30H36ClN3O5S. The summed E-state index contributed by atoms with van der Waals surface area (Å²) in [5.74, 6) is -0.457. The molecule has 3 aromatic carbocycles. The Bertz CT molecular complexity index is 1440. The molecular weight excluding hydrogens is 550 g/mol. The number of carbonyl (C=O) groups excluding carboxylic acids is 2. The van der Waals surface area contributed by atoms with E-state index in [1.54, 1.807) is 25.1 Å². The molecule has 2 amide bonds. The zero-order valence-corrected chi connectivity index (χ0v) is 25.1. The van der Waals surface area contributed by atoms with E-state index in [1.165, 1.54) is 36.3 Å². The number of rotatable bonds is 12. The lowest BCUT2D eigenvalue weighted by molar-refractivity contribution is -0.140. The summed E-state index contributed by atoms with van der Waals surface area (Å²) < 4.78 is 34.2. The predicted octanol–water partition coefficient (Wildman–Crippen LogP) is 5.10. The van der Waals surface area contributed by atoms with Gasteiger partial charge in [-0.3, -0.25) is 13.9 Å². The maximum atomic E-state index is 14.0. The Kier molecular flexibility index (Phi) is 10.6. The van der Waals surface area contributed by atoms with Crippen LogP contribution < -0.4 is 14.4 Å². The molecule has 0 bridgehead atoms. The minimum atomic E-state index is -4.19. The molecule has 1 unspecified atom stereocenters. The SMILES string of the molecule is CCNC(=O)C(CC)N(Cc1cccc(C)c1)C(=O)CN(c1ccc(OC)c(Cl)c1)S(=O)(=O)c1ccc(C)cc1. The molecule has 40 heavy (non-hydrogen) atoms. The standard InChI is InChI=1S/C30H36ClN3O5S/c1-6-27(30(36)32-7-2)33(19-23-10-8-9-22(4)17-23)29(35)20-34(24-13-16-28(39-5)26(31)18-24)40(37,38)25-14-11-21(3)12-15-25/h8-18,27H,6-7,19-20H2,1-5H3,(H,32,36). The molecule has 0 radical (unpaired) electrons. The van der Waals surface area contributed by atoms with E-state index in [1.807, 2.05) is 45.0 Å². The van der Waals surface area contributed by atoms with Crippen molar-refractivity contribution in [1.82, 2.24) is 10.2 Å². The monoisotopic (exact) mass is 585 g/mol. The summed E-state index contributed by atoms with van der Waals surface area (Å²) in [4.78, 5) is 28.6. The van der Waals surface area contributed by atoms with Crippen molar-refractivity contribution in [3.8, 4) is 5.75 Å². The summed E-state index contributed by atoms with van der Waals surface area (Å²) in [5, 5.41) is 3.00. The number of benzene rings is 3. The summed E-state index contributed by atoms with van der Waals surface area (Å²) in [6.07, 6.45) is 0.350. The number of likely N-dealkylation sites (N-methyl/N-ethyl adjacent to an activating group) is 1. The van der Waals surface area contributed by atoms with Crippen molar-refractivity contribution in [2.24, 2.45) is 0 Å². The fourth-order valence-electron chi connectivity index (χ4n) is 4.40. The molecule has 10 heteroatoms. The molecule has 0 aliphatic heterocycles. The number of carbonyl (C=O) groups is 2. The van der Waals surface area contributed by atoms with Gasteiger partial charge in [0.15, 0.2) is 0 Å². The fraction of sp³-hybridized carbons (Fsp3) is 0.333. The molecule has 0 aliphatic rings. The summed E-state index contributed by atoms with van der Waals surface area (Å²) >= 11 is 6.37. The molecule has 0 aromatic heterocycles. The second-order valence-corrected chi connectivity index (χ2v) is 11.7. The molecule has 0 saturated carbocycles. The quantitative estimate of drug-likeness (QED) is 0.319. The first-order valence-corrected chi connectivity index (χ1v) is 14.9. The summed E-state index contributed by atoms with van der Waals surface area (Å²) in [5.41, 5.74) is 2.93. The highest BCUT2D eigenvalue weighted by Gasteiger charge is 2.33. The van der Waals surface area contributed by atoms with Gasteiger partial charge in [0.2, 0.25) is 11.8 Å². The van der Waals surface area contributed by atoms with Gasteiger partial charge in [-0.05, 0) is 63.1 Å². The van der Waals surface area contributed by atoms with Crippen LogP contribution in [0.2, 0.25) is 5.02 Å². The number of aryl methyl sites for hydroxylation is 2. The van der Waals surface area contributed by atoms with Crippen LogP contribution in [-0.2, 0) is 26.2 Å². The molecule has 0 fully saturated rings. The second-order valence-electron chi connectivity index (χ2n) is 9.47. The largest absolute Gasteiger partial charge is 0.495 e. The van der Waals surface area contributed by atoms with Crippen LogP contribution >= 0.6 is 11.6 Å². The Morgan fingerprint density at radius 2 is 1.68 bits per heavy atom. The molecule has 3 rings (SSSR count). The van der Waals surface area contributed by atoms with E-state index in [0.29, 0.717) is 18.7 Å². The smallest absolute Gasteiger partial charge is 0.264 e. The number of sulfonamides is 1. The summed E-state index contributed by atoms with van der Waals surface area (Å²) in [6, 6.07) is 17.8. The van der Waals surface area contributed by atoms with Gasteiger partial charge in [0, 0.05) is 13.1 Å². The normalized spacial score (nSPS) is 11.9. The van der Waals surface area contributed by atoms with Crippen molar-refractivity contribution in [2.75, 3.05) is 24.5 Å². The van der Waals surface area contributed by atoms with Crippen molar-refractivity contribution < 1.29 is 22.7 Å².